The zero-order valence-electron chi connectivity index (χ0n) is 59.7. The first-order valence-electron chi connectivity index (χ1n) is 35.1. The Balaban J connectivity index is -0.000000235. The molecule has 0 saturated heterocycles. The highest BCUT2D eigenvalue weighted by atomic mass is 16.5. The molecule has 21 heteroatoms. The molecule has 0 aromatic carbocycles. The molecule has 0 bridgehead atoms. The number of rotatable bonds is 57. The third-order valence-electron chi connectivity index (χ3n) is 12.6. The Labute approximate surface area is 545 Å². The van der Waals surface area contributed by atoms with Gasteiger partial charge in [-0.2, -0.15) is 0 Å². The van der Waals surface area contributed by atoms with E-state index < -0.39 is 0 Å². The summed E-state index contributed by atoms with van der Waals surface area (Å²) in [6, 6.07) is 0. The van der Waals surface area contributed by atoms with Crippen molar-refractivity contribution in [1.82, 2.24) is 42.1 Å². The smallest absolute Gasteiger partial charge is 0.307 e. The Morgan fingerprint density at radius 2 is 0.573 bits per heavy atom. The first-order chi connectivity index (χ1) is 43.1. The quantitative estimate of drug-likeness (QED) is 0.0170. The van der Waals surface area contributed by atoms with Gasteiger partial charge in [0, 0.05) is 78.3 Å². The molecule has 0 amide bonds. The molecular formula is C68H142N8O13. The first kappa shape index (κ1) is 96.3. The minimum absolute atomic E-state index is 0.0409. The van der Waals surface area contributed by atoms with Gasteiger partial charge in [0.1, 0.15) is 5.78 Å². The number of hydrogen-bond donors (Lipinski definition) is 7. The van der Waals surface area contributed by atoms with E-state index >= 15 is 0 Å². The van der Waals surface area contributed by atoms with E-state index in [1.54, 1.807) is 6.92 Å². The first-order valence-corrected chi connectivity index (χ1v) is 35.1. The van der Waals surface area contributed by atoms with Gasteiger partial charge in [-0.25, -0.2) is 0 Å². The predicted octanol–water partition coefficient (Wildman–Crippen LogP) is 10.2. The number of carbonyl (C=O) groups is 7. The predicted molar refractivity (Wildman–Crippen MR) is 366 cm³/mol. The third kappa shape index (κ3) is 101. The van der Waals surface area contributed by atoms with Crippen LogP contribution in [-0.2, 0) is 62.0 Å². The van der Waals surface area contributed by atoms with Crippen molar-refractivity contribution in [3.05, 3.63) is 0 Å². The highest BCUT2D eigenvalue weighted by Gasteiger charge is 2.09. The second kappa shape index (κ2) is 88.4. The van der Waals surface area contributed by atoms with Crippen LogP contribution in [0.4, 0.5) is 0 Å². The van der Waals surface area contributed by atoms with Crippen LogP contribution in [0.2, 0.25) is 0 Å². The molecule has 0 aromatic heterocycles. The average Bonchev–Trinajstić information content (AvgIpc) is 3.55. The number of ether oxygens (including phenoxy) is 6. The van der Waals surface area contributed by atoms with E-state index in [2.05, 4.69) is 100 Å². The normalized spacial score (nSPS) is 10.3. The van der Waals surface area contributed by atoms with Crippen molar-refractivity contribution in [2.75, 3.05) is 152 Å². The maximum absolute atomic E-state index is 11.2. The number of nitrogens with zero attached hydrogens (tertiary/aromatic N) is 1. The Morgan fingerprint density at radius 3 is 0.955 bits per heavy atom. The van der Waals surface area contributed by atoms with Crippen molar-refractivity contribution in [3.63, 3.8) is 0 Å². The summed E-state index contributed by atoms with van der Waals surface area (Å²) in [4.78, 5) is 79.1. The Morgan fingerprint density at radius 1 is 0.258 bits per heavy atom. The van der Waals surface area contributed by atoms with Crippen molar-refractivity contribution in [2.24, 2.45) is 0 Å². The van der Waals surface area contributed by atoms with Gasteiger partial charge in [-0.05, 0) is 130 Å². The van der Waals surface area contributed by atoms with Gasteiger partial charge in [0.05, 0.1) is 72.8 Å². The Kier molecular flexibility index (Phi) is 95.6. The fraction of sp³-hybridized carbons (Fsp3) is 0.897. The molecule has 7 N–H and O–H groups in total. The van der Waals surface area contributed by atoms with Gasteiger partial charge >= 0.3 is 35.8 Å². The third-order valence-corrected chi connectivity index (χ3v) is 12.6. The fourth-order valence-corrected chi connectivity index (χ4v) is 6.96. The number of methoxy groups -OCH3 is 2. The molecule has 0 rings (SSSR count). The molecule has 21 nitrogen and oxygen atoms in total. The second-order valence-corrected chi connectivity index (χ2v) is 21.6. The number of unbranched alkanes of at least 4 members (excludes halogenated alkanes) is 9. The number of carbonyl (C=O) groups excluding carboxylic acids is 7. The SMILES string of the molecule is CCCCN(CCNCCC(=O)OC)CCC(=O)OC.CCCCNCCC(=O)OCCC.CCCCNCCC(=O)OCCCC.CCCCNCCC(C)=O.CCCCNCCCCCC(=O)OCCC.CCCCNCCNCCC(=O)OCCC. The van der Waals surface area contributed by atoms with Crippen LogP contribution in [0.15, 0.2) is 0 Å². The topological polar surface area (TPSA) is 262 Å². The largest absolute Gasteiger partial charge is 0.469 e. The fourth-order valence-electron chi connectivity index (χ4n) is 6.96. The van der Waals surface area contributed by atoms with Crippen LogP contribution in [0.5, 0.6) is 0 Å². The van der Waals surface area contributed by atoms with Gasteiger partial charge in [-0.3, -0.25) is 33.6 Å². The molecule has 0 spiro atoms. The molecule has 0 aromatic rings. The van der Waals surface area contributed by atoms with Crippen molar-refractivity contribution in [2.45, 2.75) is 250 Å². The number of Topliss-reactive ketones (excluding diaryl/α,β-unsaturated/α-hetero) is 1. The van der Waals surface area contributed by atoms with Crippen LogP contribution in [0.3, 0.4) is 0 Å². The van der Waals surface area contributed by atoms with Crippen LogP contribution in [0.25, 0.3) is 0 Å². The molecule has 0 aliphatic rings. The van der Waals surface area contributed by atoms with E-state index in [1.165, 1.54) is 78.4 Å². The van der Waals surface area contributed by atoms with E-state index in [4.69, 9.17) is 18.9 Å². The lowest BCUT2D eigenvalue weighted by Gasteiger charge is -2.21. The van der Waals surface area contributed by atoms with E-state index in [-0.39, 0.29) is 41.6 Å². The summed E-state index contributed by atoms with van der Waals surface area (Å²) in [6.45, 7) is 40.1. The summed E-state index contributed by atoms with van der Waals surface area (Å²) >= 11 is 0. The molecule has 0 heterocycles. The molecule has 0 radical (unpaired) electrons. The van der Waals surface area contributed by atoms with Gasteiger partial charge in [0.15, 0.2) is 0 Å². The highest BCUT2D eigenvalue weighted by molar-refractivity contribution is 5.75. The summed E-state index contributed by atoms with van der Waals surface area (Å²) in [5.41, 5.74) is 0. The molecule has 89 heavy (non-hydrogen) atoms. The number of ketones is 1. The lowest BCUT2D eigenvalue weighted by atomic mass is 10.2. The van der Waals surface area contributed by atoms with Gasteiger partial charge in [0.25, 0.3) is 0 Å². The zero-order chi connectivity index (χ0) is 67.8. The van der Waals surface area contributed by atoms with E-state index in [1.807, 2.05) is 20.8 Å². The number of hydrogen-bond acceptors (Lipinski definition) is 21. The Bertz CT molecular complexity index is 1450. The minimum atomic E-state index is -0.203. The van der Waals surface area contributed by atoms with E-state index in [0.29, 0.717) is 91.0 Å². The van der Waals surface area contributed by atoms with Gasteiger partial charge in [-0.1, -0.05) is 121 Å². The van der Waals surface area contributed by atoms with Crippen molar-refractivity contribution in [3.8, 4) is 0 Å². The lowest BCUT2D eigenvalue weighted by molar-refractivity contribution is -0.144. The summed E-state index contributed by atoms with van der Waals surface area (Å²) in [7, 11) is 2.80. The van der Waals surface area contributed by atoms with Crippen LogP contribution < -0.4 is 37.2 Å². The van der Waals surface area contributed by atoms with Crippen molar-refractivity contribution < 1.29 is 62.0 Å². The highest BCUT2D eigenvalue weighted by Crippen LogP contribution is 2.02. The van der Waals surface area contributed by atoms with Crippen LogP contribution in [0, 0.1) is 0 Å². The summed E-state index contributed by atoms with van der Waals surface area (Å²) < 4.78 is 29.1. The van der Waals surface area contributed by atoms with Crippen molar-refractivity contribution in [1.29, 1.82) is 0 Å². The Hall–Kier alpha value is -3.83. The minimum Gasteiger partial charge on any atom is -0.469 e. The monoisotopic (exact) mass is 1280 g/mol. The van der Waals surface area contributed by atoms with E-state index in [0.717, 1.165) is 156 Å². The summed E-state index contributed by atoms with van der Waals surface area (Å²) in [5, 5.41) is 22.7. The van der Waals surface area contributed by atoms with Gasteiger partial charge in [-0.15, -0.1) is 0 Å². The molecule has 0 aliphatic heterocycles. The summed E-state index contributed by atoms with van der Waals surface area (Å²) in [6.07, 6.45) is 25.8. The second-order valence-electron chi connectivity index (χ2n) is 21.6. The average molecular weight is 1280 g/mol. The maximum Gasteiger partial charge on any atom is 0.307 e. The molecule has 0 aliphatic carbocycles. The van der Waals surface area contributed by atoms with Crippen molar-refractivity contribution >= 4 is 41.6 Å². The molecule has 532 valence electrons. The van der Waals surface area contributed by atoms with Gasteiger partial charge < -0.3 is 70.5 Å². The molecule has 0 fully saturated rings. The standard InChI is InChI=1S/C14H28N2O4.C13H27NO2.C12H26N2O2.C11H23NO2.C10H21NO2.C8H17NO/c1-4-5-10-16(11-7-14(18)20-3)12-9-15-8-6-13(17)19-2;1-3-5-10-14-11-8-6-7-9-13(15)16-12-4-2;1-3-5-7-13-9-10-14-8-6-12(15)16-11-4-2;1-3-5-8-12-9-7-11(13)14-10-6-4-2;1-3-5-7-11-8-6-10(12)13-9-4-2;1-3-4-6-9-7-5-8(2)10/h15H,4-12H2,1-3H3;14H,3-12H2,1-2H3;13-14H,3-11H2,1-2H3;12H,3-10H2,1-2H3;11H,3-9H2,1-2H3;9H,3-7H2,1-2H3. The molecule has 0 saturated carbocycles. The van der Waals surface area contributed by atoms with Gasteiger partial charge in [0.2, 0.25) is 0 Å². The summed E-state index contributed by atoms with van der Waals surface area (Å²) in [5.74, 6) is -0.428. The number of esters is 6. The van der Waals surface area contributed by atoms with E-state index in [9.17, 15) is 33.6 Å². The molecular weight excluding hydrogens is 1140 g/mol. The van der Waals surface area contributed by atoms with Crippen LogP contribution >= 0.6 is 0 Å². The van der Waals surface area contributed by atoms with Crippen LogP contribution in [0.1, 0.15) is 250 Å². The maximum atomic E-state index is 11.2. The lowest BCUT2D eigenvalue weighted by Crippen LogP contribution is -2.35. The van der Waals surface area contributed by atoms with Crippen LogP contribution in [-0.4, -0.2) is 198 Å². The molecule has 0 unspecified atom stereocenters. The zero-order valence-corrected chi connectivity index (χ0v) is 59.7. The number of nitrogens with one attached hydrogen (secondary N) is 7. The molecule has 0 atom stereocenters.